The Morgan fingerprint density at radius 3 is 2.59 bits per heavy atom. The Hall–Kier alpha value is -2.37. The molecule has 0 radical (unpaired) electrons. The summed E-state index contributed by atoms with van der Waals surface area (Å²) in [5.74, 6) is -0.701. The van der Waals surface area contributed by atoms with E-state index in [1.165, 1.54) is 27.4 Å². The summed E-state index contributed by atoms with van der Waals surface area (Å²) in [6, 6.07) is 8.85. The van der Waals surface area contributed by atoms with Crippen molar-refractivity contribution in [2.75, 3.05) is 49.6 Å². The van der Waals surface area contributed by atoms with E-state index in [1.807, 2.05) is 0 Å². The van der Waals surface area contributed by atoms with E-state index in [2.05, 4.69) is 5.32 Å². The zero-order valence-corrected chi connectivity index (χ0v) is 19.0. The summed E-state index contributed by atoms with van der Waals surface area (Å²) in [4.78, 5) is 26.1. The molecule has 170 valence electrons. The van der Waals surface area contributed by atoms with Crippen LogP contribution in [0.15, 0.2) is 41.3 Å². The number of amides is 1. The number of halogens is 2. The minimum Gasteiger partial charge on any atom is -0.423 e. The number of nitrogens with zero attached hydrogens (tertiary/aromatic N) is 2. The van der Waals surface area contributed by atoms with E-state index in [1.54, 1.807) is 18.2 Å². The lowest BCUT2D eigenvalue weighted by atomic mass is 10.2. The Balaban J connectivity index is 1.52. The predicted molar refractivity (Wildman–Crippen MR) is 119 cm³/mol. The molecule has 2 aromatic carbocycles. The van der Waals surface area contributed by atoms with Crippen molar-refractivity contribution in [3.63, 3.8) is 0 Å². The number of rotatable bonds is 5. The number of benzene rings is 2. The van der Waals surface area contributed by atoms with Crippen molar-refractivity contribution in [1.29, 1.82) is 0 Å². The second-order valence-corrected chi connectivity index (χ2v) is 9.93. The Labute approximate surface area is 194 Å². The molecule has 1 N–H and O–H groups in total. The van der Waals surface area contributed by atoms with Gasteiger partial charge in [-0.2, -0.15) is 4.31 Å². The molecule has 0 aliphatic carbocycles. The fourth-order valence-corrected chi connectivity index (χ4v) is 5.19. The minimum atomic E-state index is -3.76. The molecule has 9 nitrogen and oxygen atoms in total. The average molecular weight is 500 g/mol. The van der Waals surface area contributed by atoms with Crippen LogP contribution in [0.2, 0.25) is 10.0 Å². The lowest BCUT2D eigenvalue weighted by Crippen LogP contribution is -2.41. The number of hydrogen-bond acceptors (Lipinski definition) is 7. The zero-order chi connectivity index (χ0) is 22.9. The van der Waals surface area contributed by atoms with E-state index in [-0.39, 0.29) is 41.8 Å². The summed E-state index contributed by atoms with van der Waals surface area (Å²) in [6.07, 6.45) is 0. The number of hydrogen-bond donors (Lipinski definition) is 1. The quantitative estimate of drug-likeness (QED) is 0.497. The molecule has 12 heteroatoms. The van der Waals surface area contributed by atoms with Crippen LogP contribution in [-0.2, 0) is 24.3 Å². The van der Waals surface area contributed by atoms with Gasteiger partial charge in [0.25, 0.3) is 0 Å². The number of sulfonamides is 1. The molecule has 0 bridgehead atoms. The van der Waals surface area contributed by atoms with Crippen LogP contribution in [0.1, 0.15) is 0 Å². The molecule has 1 amide bonds. The van der Waals surface area contributed by atoms with Crippen LogP contribution in [0.5, 0.6) is 5.75 Å². The number of carbonyl (C=O) groups is 2. The van der Waals surface area contributed by atoms with Gasteiger partial charge < -0.3 is 19.7 Å². The van der Waals surface area contributed by atoms with E-state index < -0.39 is 21.9 Å². The maximum Gasteiger partial charge on any atom is 0.331 e. The Morgan fingerprint density at radius 2 is 1.84 bits per heavy atom. The van der Waals surface area contributed by atoms with E-state index in [0.717, 1.165) is 0 Å². The van der Waals surface area contributed by atoms with Crippen molar-refractivity contribution >= 4 is 56.5 Å². The van der Waals surface area contributed by atoms with Crippen molar-refractivity contribution in [3.05, 3.63) is 46.4 Å². The molecule has 1 saturated heterocycles. The van der Waals surface area contributed by atoms with Crippen LogP contribution in [0.3, 0.4) is 0 Å². The topological polar surface area (TPSA) is 105 Å². The van der Waals surface area contributed by atoms with Gasteiger partial charge in [0.05, 0.1) is 41.1 Å². The van der Waals surface area contributed by atoms with Crippen LogP contribution in [0, 0.1) is 0 Å². The van der Waals surface area contributed by atoms with E-state index >= 15 is 0 Å². The fourth-order valence-electron chi connectivity index (χ4n) is 3.42. The average Bonchev–Trinajstić information content (AvgIpc) is 2.76. The summed E-state index contributed by atoms with van der Waals surface area (Å²) >= 11 is 12.2. The molecule has 0 aromatic heterocycles. The van der Waals surface area contributed by atoms with Gasteiger partial charge in [-0.25, -0.2) is 13.2 Å². The molecule has 2 heterocycles. The van der Waals surface area contributed by atoms with Crippen LogP contribution in [-0.4, -0.2) is 64.0 Å². The smallest absolute Gasteiger partial charge is 0.331 e. The minimum absolute atomic E-state index is 0.0118. The van der Waals surface area contributed by atoms with Crippen LogP contribution < -0.4 is 15.0 Å². The van der Waals surface area contributed by atoms with Crippen molar-refractivity contribution in [1.82, 2.24) is 4.31 Å². The number of nitrogens with one attached hydrogen (secondary N) is 1. The molecule has 4 rings (SSSR count). The molecule has 2 aromatic rings. The lowest BCUT2D eigenvalue weighted by Gasteiger charge is -2.29. The Kier molecular flexibility index (Phi) is 6.59. The van der Waals surface area contributed by atoms with Crippen molar-refractivity contribution < 1.29 is 27.5 Å². The Morgan fingerprint density at radius 1 is 1.09 bits per heavy atom. The van der Waals surface area contributed by atoms with Gasteiger partial charge in [-0.05, 0) is 36.4 Å². The first-order valence-corrected chi connectivity index (χ1v) is 11.9. The van der Waals surface area contributed by atoms with Crippen molar-refractivity contribution in [3.8, 4) is 5.75 Å². The van der Waals surface area contributed by atoms with Gasteiger partial charge in [-0.3, -0.25) is 4.79 Å². The number of morpholine rings is 1. The highest BCUT2D eigenvalue weighted by Crippen LogP contribution is 2.34. The summed E-state index contributed by atoms with van der Waals surface area (Å²) < 4.78 is 37.5. The van der Waals surface area contributed by atoms with E-state index in [9.17, 15) is 18.0 Å². The van der Waals surface area contributed by atoms with Crippen molar-refractivity contribution in [2.24, 2.45) is 0 Å². The number of esters is 1. The third-order valence-electron chi connectivity index (χ3n) is 4.96. The van der Waals surface area contributed by atoms with Gasteiger partial charge in [0.1, 0.15) is 6.54 Å². The standard InChI is InChI=1S/C20H19Cl2N3O6S/c21-13-1-4-18-17(9-13)24(12-20(27)31-18)11-19(26)23-16-10-14(2-3-15(16)22)32(28,29)25-5-7-30-8-6-25/h1-4,9-10H,5-8,11-12H2,(H,23,26). The molecule has 0 unspecified atom stereocenters. The second kappa shape index (κ2) is 9.24. The molecular weight excluding hydrogens is 481 g/mol. The van der Waals surface area contributed by atoms with Crippen LogP contribution in [0.4, 0.5) is 11.4 Å². The monoisotopic (exact) mass is 499 g/mol. The summed E-state index contributed by atoms with van der Waals surface area (Å²) in [5.41, 5.74) is 0.652. The van der Waals surface area contributed by atoms with Gasteiger partial charge in [0.15, 0.2) is 5.75 Å². The number of carbonyl (C=O) groups excluding carboxylic acids is 2. The van der Waals surface area contributed by atoms with Gasteiger partial charge in [0.2, 0.25) is 15.9 Å². The van der Waals surface area contributed by atoms with Crippen LogP contribution >= 0.6 is 23.2 Å². The third-order valence-corrected chi connectivity index (χ3v) is 7.42. The number of anilines is 2. The van der Waals surface area contributed by atoms with Gasteiger partial charge in [0, 0.05) is 18.1 Å². The summed E-state index contributed by atoms with van der Waals surface area (Å²) in [6.45, 7) is 0.804. The third kappa shape index (κ3) is 4.84. The SMILES string of the molecule is O=C(CN1CC(=O)Oc2ccc(Cl)cc21)Nc1cc(S(=O)(=O)N2CCOCC2)ccc1Cl. The first-order valence-electron chi connectivity index (χ1n) is 9.66. The maximum atomic E-state index is 12.9. The lowest BCUT2D eigenvalue weighted by molar-refractivity contribution is -0.133. The molecule has 1 fully saturated rings. The zero-order valence-electron chi connectivity index (χ0n) is 16.7. The number of fused-ring (bicyclic) bond motifs is 1. The van der Waals surface area contributed by atoms with Gasteiger partial charge >= 0.3 is 5.97 Å². The molecule has 0 saturated carbocycles. The van der Waals surface area contributed by atoms with Crippen molar-refractivity contribution in [2.45, 2.75) is 4.90 Å². The normalized spacial score (nSPS) is 16.9. The van der Waals surface area contributed by atoms with Gasteiger partial charge in [-0.15, -0.1) is 0 Å². The highest BCUT2D eigenvalue weighted by Gasteiger charge is 2.28. The predicted octanol–water partition coefficient (Wildman–Crippen LogP) is 2.38. The fraction of sp³-hybridized carbons (Fsp3) is 0.300. The first kappa shape index (κ1) is 22.8. The Bertz CT molecular complexity index is 1170. The summed E-state index contributed by atoms with van der Waals surface area (Å²) in [7, 11) is -3.76. The molecule has 2 aliphatic heterocycles. The van der Waals surface area contributed by atoms with E-state index in [0.29, 0.717) is 29.7 Å². The second-order valence-electron chi connectivity index (χ2n) is 7.15. The summed E-state index contributed by atoms with van der Waals surface area (Å²) in [5, 5.41) is 3.24. The molecule has 32 heavy (non-hydrogen) atoms. The highest BCUT2D eigenvalue weighted by atomic mass is 35.5. The molecular formula is C20H19Cl2N3O6S. The molecule has 0 spiro atoms. The number of ether oxygens (including phenoxy) is 2. The van der Waals surface area contributed by atoms with E-state index in [4.69, 9.17) is 32.7 Å². The first-order chi connectivity index (χ1) is 15.2. The van der Waals surface area contributed by atoms with Gasteiger partial charge in [-0.1, -0.05) is 23.2 Å². The molecule has 2 aliphatic rings. The molecule has 0 atom stereocenters. The largest absolute Gasteiger partial charge is 0.423 e. The van der Waals surface area contributed by atoms with Crippen LogP contribution in [0.25, 0.3) is 0 Å². The highest BCUT2D eigenvalue weighted by molar-refractivity contribution is 7.89. The maximum absolute atomic E-state index is 12.9.